The van der Waals surface area contributed by atoms with Crippen LogP contribution in [0.4, 0.5) is 0 Å². The molecule has 1 aliphatic heterocycles. The molecule has 0 bridgehead atoms. The SMILES string of the molecule is O=C(NC(Cc1ccccc1)C(=O)N1CCN(Cc2ccc(Cl)s2)CC1)c1ccco1. The Kier molecular flexibility index (Phi) is 7.06. The molecule has 0 radical (unpaired) electrons. The van der Waals surface area contributed by atoms with Gasteiger partial charge in [0.1, 0.15) is 6.04 Å². The van der Waals surface area contributed by atoms with Crippen LogP contribution >= 0.6 is 22.9 Å². The molecular weight excluding hydrogens is 434 g/mol. The fraction of sp³-hybridized carbons (Fsp3) is 0.304. The molecule has 1 atom stereocenters. The van der Waals surface area contributed by atoms with Gasteiger partial charge < -0.3 is 14.6 Å². The average molecular weight is 458 g/mol. The van der Waals surface area contributed by atoms with E-state index >= 15 is 0 Å². The second-order valence-corrected chi connectivity index (χ2v) is 9.30. The summed E-state index contributed by atoms with van der Waals surface area (Å²) in [6.45, 7) is 3.65. The predicted molar refractivity (Wildman–Crippen MR) is 121 cm³/mol. The Labute approximate surface area is 190 Å². The smallest absolute Gasteiger partial charge is 0.287 e. The van der Waals surface area contributed by atoms with Crippen molar-refractivity contribution < 1.29 is 14.0 Å². The summed E-state index contributed by atoms with van der Waals surface area (Å²) in [4.78, 5) is 31.3. The standard InChI is InChI=1S/C23H24ClN3O3S/c24-21-9-8-18(31-21)16-26-10-12-27(13-11-26)23(29)19(15-17-5-2-1-3-6-17)25-22(28)20-7-4-14-30-20/h1-9,14,19H,10-13,15-16H2,(H,25,28). The van der Waals surface area contributed by atoms with Gasteiger partial charge in [-0.3, -0.25) is 14.5 Å². The van der Waals surface area contributed by atoms with Gasteiger partial charge in [-0.1, -0.05) is 41.9 Å². The molecule has 6 nitrogen and oxygen atoms in total. The number of furan rings is 1. The summed E-state index contributed by atoms with van der Waals surface area (Å²) in [7, 11) is 0. The van der Waals surface area contributed by atoms with E-state index in [4.69, 9.17) is 16.0 Å². The Morgan fingerprint density at radius 1 is 1.03 bits per heavy atom. The molecule has 8 heteroatoms. The van der Waals surface area contributed by atoms with Gasteiger partial charge in [-0.25, -0.2) is 0 Å². The number of hydrogen-bond donors (Lipinski definition) is 1. The van der Waals surface area contributed by atoms with Gasteiger partial charge >= 0.3 is 0 Å². The second-order valence-electron chi connectivity index (χ2n) is 7.50. The number of nitrogens with one attached hydrogen (secondary N) is 1. The first-order valence-corrected chi connectivity index (χ1v) is 11.4. The number of halogens is 1. The van der Waals surface area contributed by atoms with E-state index in [1.807, 2.05) is 47.4 Å². The molecule has 1 aromatic carbocycles. The van der Waals surface area contributed by atoms with Gasteiger partial charge in [-0.2, -0.15) is 0 Å². The topological polar surface area (TPSA) is 65.8 Å². The third kappa shape index (κ3) is 5.76. The first-order chi connectivity index (χ1) is 15.1. The number of carbonyl (C=O) groups excluding carboxylic acids is 2. The predicted octanol–water partition coefficient (Wildman–Crippen LogP) is 3.68. The van der Waals surface area contributed by atoms with E-state index in [0.717, 1.165) is 29.5 Å². The number of thiophene rings is 1. The molecule has 162 valence electrons. The van der Waals surface area contributed by atoms with E-state index < -0.39 is 6.04 Å². The number of nitrogens with zero attached hydrogens (tertiary/aromatic N) is 2. The third-order valence-electron chi connectivity index (χ3n) is 5.32. The first kappa shape index (κ1) is 21.6. The molecule has 2 amide bonds. The van der Waals surface area contributed by atoms with E-state index in [0.29, 0.717) is 19.5 Å². The molecule has 0 saturated carbocycles. The zero-order chi connectivity index (χ0) is 21.6. The van der Waals surface area contributed by atoms with Gasteiger partial charge in [0.15, 0.2) is 5.76 Å². The molecule has 1 fully saturated rings. The minimum absolute atomic E-state index is 0.0671. The highest BCUT2D eigenvalue weighted by atomic mass is 35.5. The minimum Gasteiger partial charge on any atom is -0.459 e. The van der Waals surface area contributed by atoms with Crippen molar-refractivity contribution >= 4 is 34.8 Å². The van der Waals surface area contributed by atoms with Crippen LogP contribution in [0.3, 0.4) is 0 Å². The maximum Gasteiger partial charge on any atom is 0.287 e. The molecular formula is C23H24ClN3O3S. The number of hydrogen-bond acceptors (Lipinski definition) is 5. The lowest BCUT2D eigenvalue weighted by atomic mass is 10.0. The molecule has 2 aromatic heterocycles. The van der Waals surface area contributed by atoms with Crippen molar-refractivity contribution in [1.29, 1.82) is 0 Å². The van der Waals surface area contributed by atoms with Crippen molar-refractivity contribution in [3.05, 3.63) is 81.4 Å². The van der Waals surface area contributed by atoms with Crippen molar-refractivity contribution in [2.45, 2.75) is 19.0 Å². The Bertz CT molecular complexity index is 998. The number of amides is 2. The van der Waals surface area contributed by atoms with Gasteiger partial charge in [0.05, 0.1) is 10.6 Å². The van der Waals surface area contributed by atoms with Crippen LogP contribution in [0.25, 0.3) is 0 Å². The van der Waals surface area contributed by atoms with Gasteiger partial charge in [-0.05, 0) is 29.8 Å². The summed E-state index contributed by atoms with van der Waals surface area (Å²) in [6, 6.07) is 16.3. The normalized spacial score (nSPS) is 15.6. The summed E-state index contributed by atoms with van der Waals surface area (Å²) >= 11 is 7.62. The fourth-order valence-corrected chi connectivity index (χ4v) is 4.82. The Morgan fingerprint density at radius 3 is 2.45 bits per heavy atom. The van der Waals surface area contributed by atoms with Crippen LogP contribution in [0, 0.1) is 0 Å². The molecule has 4 rings (SSSR count). The van der Waals surface area contributed by atoms with E-state index in [1.165, 1.54) is 11.1 Å². The van der Waals surface area contributed by atoms with Gasteiger partial charge in [0.25, 0.3) is 5.91 Å². The maximum atomic E-state index is 13.3. The van der Waals surface area contributed by atoms with Crippen LogP contribution in [-0.4, -0.2) is 53.8 Å². The minimum atomic E-state index is -0.650. The van der Waals surface area contributed by atoms with Gasteiger partial charge in [0, 0.05) is 44.0 Å². The second kappa shape index (κ2) is 10.1. The lowest BCUT2D eigenvalue weighted by Crippen LogP contribution is -2.55. The third-order valence-corrected chi connectivity index (χ3v) is 6.54. The number of carbonyl (C=O) groups is 2. The molecule has 0 aliphatic carbocycles. The largest absolute Gasteiger partial charge is 0.459 e. The van der Waals surface area contributed by atoms with Crippen LogP contribution in [0.15, 0.2) is 65.3 Å². The van der Waals surface area contributed by atoms with Crippen LogP contribution in [-0.2, 0) is 17.8 Å². The van der Waals surface area contributed by atoms with Crippen molar-refractivity contribution in [3.8, 4) is 0 Å². The molecule has 3 heterocycles. The zero-order valence-electron chi connectivity index (χ0n) is 17.0. The highest BCUT2D eigenvalue weighted by Crippen LogP contribution is 2.23. The van der Waals surface area contributed by atoms with Crippen LogP contribution in [0.2, 0.25) is 4.34 Å². The molecule has 3 aromatic rings. The fourth-order valence-electron chi connectivity index (χ4n) is 3.69. The molecule has 1 unspecified atom stereocenters. The molecule has 1 N–H and O–H groups in total. The zero-order valence-corrected chi connectivity index (χ0v) is 18.6. The first-order valence-electron chi connectivity index (χ1n) is 10.2. The highest BCUT2D eigenvalue weighted by molar-refractivity contribution is 7.16. The Hall–Kier alpha value is -2.61. The number of piperazine rings is 1. The Balaban J connectivity index is 1.39. The molecule has 31 heavy (non-hydrogen) atoms. The summed E-state index contributed by atoms with van der Waals surface area (Å²) in [5.41, 5.74) is 0.994. The molecule has 0 spiro atoms. The van der Waals surface area contributed by atoms with E-state index in [-0.39, 0.29) is 17.6 Å². The van der Waals surface area contributed by atoms with Crippen molar-refractivity contribution in [2.75, 3.05) is 26.2 Å². The monoisotopic (exact) mass is 457 g/mol. The number of rotatable bonds is 7. The lowest BCUT2D eigenvalue weighted by molar-refractivity contribution is -0.135. The van der Waals surface area contributed by atoms with Gasteiger partial charge in [-0.15, -0.1) is 11.3 Å². The summed E-state index contributed by atoms with van der Waals surface area (Å²) in [5.74, 6) is -0.250. The lowest BCUT2D eigenvalue weighted by Gasteiger charge is -2.36. The van der Waals surface area contributed by atoms with Crippen LogP contribution in [0.1, 0.15) is 21.0 Å². The van der Waals surface area contributed by atoms with Crippen LogP contribution in [0.5, 0.6) is 0 Å². The van der Waals surface area contributed by atoms with E-state index in [2.05, 4.69) is 10.2 Å². The van der Waals surface area contributed by atoms with E-state index in [9.17, 15) is 9.59 Å². The van der Waals surface area contributed by atoms with Crippen molar-refractivity contribution in [1.82, 2.24) is 15.1 Å². The highest BCUT2D eigenvalue weighted by Gasteiger charge is 2.29. The van der Waals surface area contributed by atoms with Gasteiger partial charge in [0.2, 0.25) is 5.91 Å². The summed E-state index contributed by atoms with van der Waals surface area (Å²) in [6.07, 6.45) is 1.88. The average Bonchev–Trinajstić information content (AvgIpc) is 3.46. The van der Waals surface area contributed by atoms with Crippen molar-refractivity contribution in [3.63, 3.8) is 0 Å². The summed E-state index contributed by atoms with van der Waals surface area (Å²) in [5, 5.41) is 2.87. The quantitative estimate of drug-likeness (QED) is 0.587. The van der Waals surface area contributed by atoms with E-state index in [1.54, 1.807) is 23.5 Å². The number of benzene rings is 1. The summed E-state index contributed by atoms with van der Waals surface area (Å²) < 4.78 is 5.98. The van der Waals surface area contributed by atoms with Crippen LogP contribution < -0.4 is 5.32 Å². The molecule has 1 saturated heterocycles. The maximum absolute atomic E-state index is 13.3. The van der Waals surface area contributed by atoms with Crippen molar-refractivity contribution in [2.24, 2.45) is 0 Å². The molecule has 1 aliphatic rings. The Morgan fingerprint density at radius 2 is 1.81 bits per heavy atom.